The zero-order valence-electron chi connectivity index (χ0n) is 14.3. The van der Waals surface area contributed by atoms with E-state index < -0.39 is 0 Å². The molecule has 1 aromatic heterocycles. The quantitative estimate of drug-likeness (QED) is 0.851. The molecule has 0 saturated carbocycles. The predicted molar refractivity (Wildman–Crippen MR) is 91.7 cm³/mol. The highest BCUT2D eigenvalue weighted by atomic mass is 16.5. The monoisotopic (exact) mass is 315 g/mol. The predicted octanol–water partition coefficient (Wildman–Crippen LogP) is 3.50. The highest BCUT2D eigenvalue weighted by molar-refractivity contribution is 5.94. The maximum absolute atomic E-state index is 12.5. The second-order valence-electron chi connectivity index (χ2n) is 5.62. The molecule has 5 heteroatoms. The largest absolute Gasteiger partial charge is 0.496 e. The summed E-state index contributed by atoms with van der Waals surface area (Å²) < 4.78 is 7.18. The van der Waals surface area contributed by atoms with E-state index in [2.05, 4.69) is 24.3 Å². The lowest BCUT2D eigenvalue weighted by atomic mass is 10.1. The molecule has 0 radical (unpaired) electrons. The molecule has 2 aromatic rings. The number of carbonyl (C=O) groups is 1. The van der Waals surface area contributed by atoms with E-state index in [-0.39, 0.29) is 11.9 Å². The number of amides is 1. The molecule has 0 aliphatic heterocycles. The van der Waals surface area contributed by atoms with Crippen molar-refractivity contribution in [1.29, 1.82) is 0 Å². The minimum atomic E-state index is -0.0820. The number of hydrogen-bond donors (Lipinski definition) is 1. The Kier molecular flexibility index (Phi) is 5.79. The van der Waals surface area contributed by atoms with Crippen molar-refractivity contribution in [1.82, 2.24) is 15.1 Å². The van der Waals surface area contributed by atoms with Gasteiger partial charge in [0.25, 0.3) is 5.91 Å². The van der Waals surface area contributed by atoms with Crippen LogP contribution >= 0.6 is 0 Å². The van der Waals surface area contributed by atoms with Crippen LogP contribution in [-0.4, -0.2) is 28.8 Å². The summed E-state index contributed by atoms with van der Waals surface area (Å²) in [5.41, 5.74) is 2.24. The normalized spacial score (nSPS) is 12.0. The minimum Gasteiger partial charge on any atom is -0.496 e. The highest BCUT2D eigenvalue weighted by Crippen LogP contribution is 2.29. The van der Waals surface area contributed by atoms with Gasteiger partial charge in [-0.3, -0.25) is 9.48 Å². The van der Waals surface area contributed by atoms with Gasteiger partial charge in [0.15, 0.2) is 0 Å². The summed E-state index contributed by atoms with van der Waals surface area (Å²) in [7, 11) is 1.64. The average molecular weight is 315 g/mol. The summed E-state index contributed by atoms with van der Waals surface area (Å²) >= 11 is 0. The Labute approximate surface area is 137 Å². The van der Waals surface area contributed by atoms with Gasteiger partial charge in [0, 0.05) is 18.2 Å². The van der Waals surface area contributed by atoms with E-state index in [9.17, 15) is 4.79 Å². The van der Waals surface area contributed by atoms with Crippen LogP contribution < -0.4 is 10.1 Å². The second-order valence-corrected chi connectivity index (χ2v) is 5.62. The van der Waals surface area contributed by atoms with Gasteiger partial charge in [0.2, 0.25) is 0 Å². The first-order valence-corrected chi connectivity index (χ1v) is 8.12. The third kappa shape index (κ3) is 3.92. The molecule has 0 fully saturated rings. The van der Waals surface area contributed by atoms with E-state index >= 15 is 0 Å². The average Bonchev–Trinajstić information content (AvgIpc) is 2.99. The van der Waals surface area contributed by atoms with Crippen molar-refractivity contribution in [3.63, 3.8) is 0 Å². The van der Waals surface area contributed by atoms with Gasteiger partial charge in [-0.1, -0.05) is 26.0 Å². The molecule has 1 aromatic carbocycles. The first-order valence-electron chi connectivity index (χ1n) is 8.12. The van der Waals surface area contributed by atoms with Crippen LogP contribution in [0.3, 0.4) is 0 Å². The van der Waals surface area contributed by atoms with Crippen molar-refractivity contribution in [2.45, 2.75) is 46.2 Å². The van der Waals surface area contributed by atoms with Crippen LogP contribution in [0.15, 0.2) is 30.3 Å². The van der Waals surface area contributed by atoms with E-state index in [1.807, 2.05) is 37.3 Å². The Hall–Kier alpha value is -2.30. The summed E-state index contributed by atoms with van der Waals surface area (Å²) in [5, 5.41) is 7.62. The lowest BCUT2D eigenvalue weighted by Gasteiger charge is -2.12. The third-order valence-electron chi connectivity index (χ3n) is 3.82. The van der Waals surface area contributed by atoms with Crippen LogP contribution in [0.1, 0.15) is 44.1 Å². The summed E-state index contributed by atoms with van der Waals surface area (Å²) in [6.45, 7) is 6.83. The Morgan fingerprint density at radius 1 is 1.35 bits per heavy atom. The van der Waals surface area contributed by atoms with Crippen molar-refractivity contribution in [2.75, 3.05) is 7.11 Å². The number of nitrogens with zero attached hydrogens (tertiary/aromatic N) is 2. The number of benzene rings is 1. The van der Waals surface area contributed by atoms with E-state index in [1.54, 1.807) is 11.8 Å². The fourth-order valence-corrected chi connectivity index (χ4v) is 2.37. The molecule has 0 saturated heterocycles. The number of rotatable bonds is 7. The molecule has 124 valence electrons. The molecule has 0 spiro atoms. The van der Waals surface area contributed by atoms with Gasteiger partial charge in [-0.15, -0.1) is 0 Å². The summed E-state index contributed by atoms with van der Waals surface area (Å²) in [4.78, 5) is 12.5. The van der Waals surface area contributed by atoms with E-state index in [4.69, 9.17) is 4.74 Å². The molecule has 0 aliphatic rings. The third-order valence-corrected chi connectivity index (χ3v) is 3.82. The topological polar surface area (TPSA) is 56.2 Å². The molecule has 23 heavy (non-hydrogen) atoms. The van der Waals surface area contributed by atoms with Gasteiger partial charge in [0.1, 0.15) is 11.4 Å². The molecule has 1 amide bonds. The SMILES string of the molecule is CCCn1nc(-c2ccccc2OC)cc1C(=O)N[C@H](C)CC. The summed E-state index contributed by atoms with van der Waals surface area (Å²) in [5.74, 6) is 0.670. The van der Waals surface area contributed by atoms with E-state index in [1.165, 1.54) is 0 Å². The summed E-state index contributed by atoms with van der Waals surface area (Å²) in [6.07, 6.45) is 1.81. The fraction of sp³-hybridized carbons (Fsp3) is 0.444. The van der Waals surface area contributed by atoms with Crippen LogP contribution in [-0.2, 0) is 6.54 Å². The zero-order chi connectivity index (χ0) is 16.8. The molecule has 2 rings (SSSR count). The van der Waals surface area contributed by atoms with Crippen LogP contribution in [0, 0.1) is 0 Å². The molecular formula is C18H25N3O2. The van der Waals surface area contributed by atoms with Crippen molar-refractivity contribution in [3.05, 3.63) is 36.0 Å². The van der Waals surface area contributed by atoms with Crippen molar-refractivity contribution in [3.8, 4) is 17.0 Å². The molecular weight excluding hydrogens is 290 g/mol. The van der Waals surface area contributed by atoms with Crippen LogP contribution in [0.2, 0.25) is 0 Å². The lowest BCUT2D eigenvalue weighted by Crippen LogP contribution is -2.33. The maximum atomic E-state index is 12.5. The molecule has 0 unspecified atom stereocenters. The lowest BCUT2D eigenvalue weighted by molar-refractivity contribution is 0.0928. The van der Waals surface area contributed by atoms with Gasteiger partial charge in [-0.25, -0.2) is 0 Å². The molecule has 1 atom stereocenters. The standard InChI is InChI=1S/C18H25N3O2/c1-5-11-21-16(18(22)19-13(3)6-2)12-15(20-21)14-9-7-8-10-17(14)23-4/h7-10,12-13H,5-6,11H2,1-4H3,(H,19,22)/t13-/m1/s1. The number of carbonyl (C=O) groups excluding carboxylic acids is 1. The Morgan fingerprint density at radius 2 is 2.09 bits per heavy atom. The van der Waals surface area contributed by atoms with Gasteiger partial charge < -0.3 is 10.1 Å². The van der Waals surface area contributed by atoms with Crippen LogP contribution in [0.5, 0.6) is 5.75 Å². The first-order chi connectivity index (χ1) is 11.1. The number of aromatic nitrogens is 2. The summed E-state index contributed by atoms with van der Waals surface area (Å²) in [6, 6.07) is 9.69. The van der Waals surface area contributed by atoms with E-state index in [0.29, 0.717) is 12.2 Å². The Morgan fingerprint density at radius 3 is 2.74 bits per heavy atom. The minimum absolute atomic E-state index is 0.0820. The van der Waals surface area contributed by atoms with Gasteiger partial charge in [-0.05, 0) is 38.0 Å². The number of aryl methyl sites for hydroxylation is 1. The molecule has 0 aliphatic carbocycles. The number of methoxy groups -OCH3 is 1. The number of nitrogens with one attached hydrogen (secondary N) is 1. The van der Waals surface area contributed by atoms with Gasteiger partial charge in [-0.2, -0.15) is 5.10 Å². The first kappa shape index (κ1) is 17.1. The molecule has 1 N–H and O–H groups in total. The number of ether oxygens (including phenoxy) is 1. The molecule has 1 heterocycles. The Bertz CT molecular complexity index is 664. The number of para-hydroxylation sites is 1. The second kappa shape index (κ2) is 7.81. The van der Waals surface area contributed by atoms with Crippen molar-refractivity contribution in [2.24, 2.45) is 0 Å². The zero-order valence-corrected chi connectivity index (χ0v) is 14.3. The Balaban J connectivity index is 2.40. The van der Waals surface area contributed by atoms with E-state index in [0.717, 1.165) is 29.8 Å². The van der Waals surface area contributed by atoms with Crippen LogP contribution in [0.25, 0.3) is 11.3 Å². The highest BCUT2D eigenvalue weighted by Gasteiger charge is 2.18. The van der Waals surface area contributed by atoms with Crippen molar-refractivity contribution < 1.29 is 9.53 Å². The number of hydrogen-bond acceptors (Lipinski definition) is 3. The fourth-order valence-electron chi connectivity index (χ4n) is 2.37. The molecule has 5 nitrogen and oxygen atoms in total. The maximum Gasteiger partial charge on any atom is 0.269 e. The van der Waals surface area contributed by atoms with Gasteiger partial charge in [0.05, 0.1) is 12.8 Å². The molecule has 0 bridgehead atoms. The smallest absolute Gasteiger partial charge is 0.269 e. The van der Waals surface area contributed by atoms with Crippen molar-refractivity contribution >= 4 is 5.91 Å². The van der Waals surface area contributed by atoms with Crippen LogP contribution in [0.4, 0.5) is 0 Å². The van der Waals surface area contributed by atoms with Gasteiger partial charge >= 0.3 is 0 Å².